The largest absolute Gasteiger partial charge is 0.416 e. The second kappa shape index (κ2) is 4.86. The van der Waals surface area contributed by atoms with Gasteiger partial charge in [0.15, 0.2) is 0 Å². The zero-order chi connectivity index (χ0) is 13.1. The SMILES string of the molecule is Cc1cc(C(F)(F)F)ccc1NC(=O)/C=N/O. The molecule has 1 aromatic rings. The number of nitrogens with one attached hydrogen (secondary N) is 1. The fraction of sp³-hybridized carbons (Fsp3) is 0.200. The fourth-order valence-corrected chi connectivity index (χ4v) is 1.20. The molecular formula is C10H9F3N2O2. The summed E-state index contributed by atoms with van der Waals surface area (Å²) < 4.78 is 37.0. The molecule has 1 amide bonds. The number of nitrogens with zero attached hydrogens (tertiary/aromatic N) is 1. The van der Waals surface area contributed by atoms with E-state index in [-0.39, 0.29) is 11.3 Å². The van der Waals surface area contributed by atoms with Crippen LogP contribution in [0.25, 0.3) is 0 Å². The molecule has 0 aliphatic carbocycles. The van der Waals surface area contributed by atoms with Crippen molar-refractivity contribution in [3.8, 4) is 0 Å². The summed E-state index contributed by atoms with van der Waals surface area (Å²) in [6, 6.07) is 2.92. The number of aryl methyl sites for hydroxylation is 1. The number of amides is 1. The molecule has 4 nitrogen and oxygen atoms in total. The summed E-state index contributed by atoms with van der Waals surface area (Å²) in [5.41, 5.74) is -0.300. The molecule has 7 heteroatoms. The maximum Gasteiger partial charge on any atom is 0.416 e. The van der Waals surface area contributed by atoms with Gasteiger partial charge in [-0.1, -0.05) is 5.16 Å². The van der Waals surface area contributed by atoms with Gasteiger partial charge in [-0.05, 0) is 30.7 Å². The lowest BCUT2D eigenvalue weighted by Gasteiger charge is -2.10. The number of hydrogen-bond acceptors (Lipinski definition) is 3. The van der Waals surface area contributed by atoms with Crippen molar-refractivity contribution in [3.05, 3.63) is 29.3 Å². The average molecular weight is 246 g/mol. The van der Waals surface area contributed by atoms with Crippen molar-refractivity contribution in [2.75, 3.05) is 5.32 Å². The van der Waals surface area contributed by atoms with Crippen LogP contribution in [0.3, 0.4) is 0 Å². The first-order valence-electron chi connectivity index (χ1n) is 4.51. The molecule has 1 rings (SSSR count). The van der Waals surface area contributed by atoms with Crippen LogP contribution < -0.4 is 5.32 Å². The van der Waals surface area contributed by atoms with E-state index in [9.17, 15) is 18.0 Å². The van der Waals surface area contributed by atoms with Gasteiger partial charge in [-0.2, -0.15) is 13.2 Å². The normalized spacial score (nSPS) is 11.8. The number of oxime groups is 1. The van der Waals surface area contributed by atoms with Gasteiger partial charge in [0.25, 0.3) is 5.91 Å². The van der Waals surface area contributed by atoms with Crippen LogP contribution in [0.4, 0.5) is 18.9 Å². The van der Waals surface area contributed by atoms with Gasteiger partial charge < -0.3 is 10.5 Å². The molecule has 0 bridgehead atoms. The molecule has 2 N–H and O–H groups in total. The van der Waals surface area contributed by atoms with Gasteiger partial charge in [0, 0.05) is 5.69 Å². The Kier molecular flexibility index (Phi) is 3.72. The van der Waals surface area contributed by atoms with Gasteiger partial charge in [0.2, 0.25) is 0 Å². The third-order valence-corrected chi connectivity index (χ3v) is 1.99. The number of halogens is 3. The molecule has 0 aliphatic heterocycles. The minimum atomic E-state index is -4.42. The topological polar surface area (TPSA) is 61.7 Å². The molecule has 0 radical (unpaired) electrons. The van der Waals surface area contributed by atoms with Gasteiger partial charge in [0.1, 0.15) is 6.21 Å². The third kappa shape index (κ3) is 3.47. The van der Waals surface area contributed by atoms with Crippen LogP contribution in [0.2, 0.25) is 0 Å². The van der Waals surface area contributed by atoms with Crippen molar-refractivity contribution in [1.82, 2.24) is 0 Å². The maximum atomic E-state index is 12.3. The van der Waals surface area contributed by atoms with Crippen molar-refractivity contribution in [2.45, 2.75) is 13.1 Å². The van der Waals surface area contributed by atoms with Gasteiger partial charge in [0.05, 0.1) is 5.56 Å². The second-order valence-corrected chi connectivity index (χ2v) is 3.26. The average Bonchev–Trinajstić information content (AvgIpc) is 2.20. The number of carbonyl (C=O) groups is 1. The van der Waals surface area contributed by atoms with E-state index in [0.29, 0.717) is 6.21 Å². The highest BCUT2D eigenvalue weighted by atomic mass is 19.4. The minimum absolute atomic E-state index is 0.225. The first-order chi connectivity index (χ1) is 7.84. The predicted octanol–water partition coefficient (Wildman–Crippen LogP) is 2.41. The zero-order valence-electron chi connectivity index (χ0n) is 8.75. The molecule has 0 aliphatic rings. The smallest absolute Gasteiger partial charge is 0.411 e. The number of rotatable bonds is 2. The molecule has 0 heterocycles. The van der Waals surface area contributed by atoms with Gasteiger partial charge in [-0.15, -0.1) is 0 Å². The van der Waals surface area contributed by atoms with Crippen molar-refractivity contribution in [1.29, 1.82) is 0 Å². The molecule has 0 atom stereocenters. The zero-order valence-corrected chi connectivity index (χ0v) is 8.75. The lowest BCUT2D eigenvalue weighted by molar-refractivity contribution is -0.137. The number of alkyl halides is 3. The van der Waals surface area contributed by atoms with E-state index in [1.54, 1.807) is 0 Å². The number of carbonyl (C=O) groups excluding carboxylic acids is 1. The summed E-state index contributed by atoms with van der Waals surface area (Å²) >= 11 is 0. The summed E-state index contributed by atoms with van der Waals surface area (Å²) in [7, 11) is 0. The van der Waals surface area contributed by atoms with Crippen LogP contribution >= 0.6 is 0 Å². The summed E-state index contributed by atoms with van der Waals surface area (Å²) in [4.78, 5) is 11.0. The third-order valence-electron chi connectivity index (χ3n) is 1.99. The summed E-state index contributed by atoms with van der Waals surface area (Å²) in [5, 5.41) is 12.9. The predicted molar refractivity (Wildman–Crippen MR) is 55.1 cm³/mol. The number of anilines is 1. The van der Waals surface area contributed by atoms with Crippen LogP contribution in [0.1, 0.15) is 11.1 Å². The highest BCUT2D eigenvalue weighted by Crippen LogP contribution is 2.31. The fourth-order valence-electron chi connectivity index (χ4n) is 1.20. The molecule has 92 valence electrons. The van der Waals surface area contributed by atoms with Crippen molar-refractivity contribution < 1.29 is 23.2 Å². The Morgan fingerprint density at radius 3 is 2.59 bits per heavy atom. The van der Waals surface area contributed by atoms with Crippen LogP contribution in [-0.4, -0.2) is 17.3 Å². The van der Waals surface area contributed by atoms with Crippen LogP contribution in [0, 0.1) is 6.92 Å². The van der Waals surface area contributed by atoms with E-state index >= 15 is 0 Å². The molecule has 17 heavy (non-hydrogen) atoms. The standard InChI is InChI=1S/C10H9F3N2O2/c1-6-4-7(10(11,12)13)2-3-8(6)15-9(16)5-14-17/h2-5,17H,1H3,(H,15,16)/b14-5+. The quantitative estimate of drug-likeness (QED) is 0.478. The lowest BCUT2D eigenvalue weighted by Crippen LogP contribution is -2.14. The summed E-state index contributed by atoms with van der Waals surface area (Å²) in [6.45, 7) is 1.43. The van der Waals surface area contributed by atoms with E-state index in [1.165, 1.54) is 6.92 Å². The van der Waals surface area contributed by atoms with Gasteiger partial charge in [-0.25, -0.2) is 0 Å². The molecule has 1 aromatic carbocycles. The highest BCUT2D eigenvalue weighted by molar-refractivity contribution is 6.31. The molecule has 0 aromatic heterocycles. The van der Waals surface area contributed by atoms with E-state index in [4.69, 9.17) is 5.21 Å². The number of hydrogen-bond donors (Lipinski definition) is 2. The Morgan fingerprint density at radius 1 is 1.47 bits per heavy atom. The monoisotopic (exact) mass is 246 g/mol. The lowest BCUT2D eigenvalue weighted by atomic mass is 10.1. The molecule has 0 fully saturated rings. The Labute approximate surface area is 94.7 Å². The van der Waals surface area contributed by atoms with Crippen molar-refractivity contribution in [2.24, 2.45) is 5.16 Å². The van der Waals surface area contributed by atoms with Crippen LogP contribution in [0.15, 0.2) is 23.4 Å². The summed E-state index contributed by atoms with van der Waals surface area (Å²) in [5.74, 6) is -0.727. The first kappa shape index (κ1) is 13.0. The Morgan fingerprint density at radius 2 is 2.12 bits per heavy atom. The molecule has 0 unspecified atom stereocenters. The van der Waals surface area contributed by atoms with E-state index in [2.05, 4.69) is 10.5 Å². The molecule has 0 saturated heterocycles. The van der Waals surface area contributed by atoms with Crippen molar-refractivity contribution in [3.63, 3.8) is 0 Å². The van der Waals surface area contributed by atoms with Crippen molar-refractivity contribution >= 4 is 17.8 Å². The van der Waals surface area contributed by atoms with Gasteiger partial charge in [-0.3, -0.25) is 4.79 Å². The summed E-state index contributed by atoms with van der Waals surface area (Å²) in [6.07, 6.45) is -3.81. The van der Waals surface area contributed by atoms with E-state index in [0.717, 1.165) is 18.2 Å². The molecule has 0 spiro atoms. The molecule has 0 saturated carbocycles. The van der Waals surface area contributed by atoms with E-state index in [1.807, 2.05) is 0 Å². The Hall–Kier alpha value is -2.05. The van der Waals surface area contributed by atoms with E-state index < -0.39 is 17.6 Å². The minimum Gasteiger partial charge on any atom is -0.411 e. The Balaban J connectivity index is 2.95. The highest BCUT2D eigenvalue weighted by Gasteiger charge is 2.30. The molecular weight excluding hydrogens is 237 g/mol. The Bertz CT molecular complexity index is 455. The van der Waals surface area contributed by atoms with Crippen LogP contribution in [0.5, 0.6) is 0 Å². The first-order valence-corrected chi connectivity index (χ1v) is 4.51. The number of benzene rings is 1. The van der Waals surface area contributed by atoms with Gasteiger partial charge >= 0.3 is 6.18 Å². The second-order valence-electron chi connectivity index (χ2n) is 3.26. The maximum absolute atomic E-state index is 12.3. The van der Waals surface area contributed by atoms with Crippen LogP contribution in [-0.2, 0) is 11.0 Å².